The standard InChI is InChI=1S/C35H41N7O9/c1-18(2)27(40-30(45)24-15-36-12-13-37-24)32(47)41-28(19(3)4)34(49)42-17-22-21(10-11-25(22)43)29(42)33(48)38-16-26(44)31(46)39-23(35(50)51)14-20-8-6-5-7-9-20/h5-9,12-13,15,19,21-23,27-29H,1,10-11,14,16-17H2,2-4H3,(H,38,48)(H,39,46)(H,40,45)(H,41,47)(H,50,51)/t21-,22-,23-,27?,28-,29?/m0/s1. The van der Waals surface area contributed by atoms with Crippen LogP contribution in [-0.2, 0) is 40.0 Å². The lowest BCUT2D eigenvalue weighted by Gasteiger charge is -2.32. The smallest absolute Gasteiger partial charge is 0.326 e. The zero-order valence-electron chi connectivity index (χ0n) is 28.5. The summed E-state index contributed by atoms with van der Waals surface area (Å²) >= 11 is 0. The summed E-state index contributed by atoms with van der Waals surface area (Å²) in [7, 11) is 0. The molecule has 1 aliphatic carbocycles. The molecule has 4 rings (SSSR count). The molecule has 16 nitrogen and oxygen atoms in total. The Hall–Kier alpha value is -5.80. The molecule has 1 saturated heterocycles. The first-order valence-electron chi connectivity index (χ1n) is 16.4. The number of ketones is 2. The summed E-state index contributed by atoms with van der Waals surface area (Å²) in [6.07, 6.45) is 4.35. The molecular weight excluding hydrogens is 662 g/mol. The summed E-state index contributed by atoms with van der Waals surface area (Å²) in [6.45, 7) is 7.77. The number of rotatable bonds is 15. The summed E-state index contributed by atoms with van der Waals surface area (Å²) < 4.78 is 0. The van der Waals surface area contributed by atoms with E-state index < -0.39 is 89.8 Å². The van der Waals surface area contributed by atoms with Gasteiger partial charge in [-0.2, -0.15) is 0 Å². The Morgan fingerprint density at radius 1 is 1.02 bits per heavy atom. The van der Waals surface area contributed by atoms with E-state index in [1.807, 2.05) is 0 Å². The quantitative estimate of drug-likeness (QED) is 0.118. The molecule has 1 saturated carbocycles. The minimum atomic E-state index is -1.40. The molecule has 16 heteroatoms. The van der Waals surface area contributed by atoms with Crippen LogP contribution in [0.15, 0.2) is 61.1 Å². The van der Waals surface area contributed by atoms with E-state index in [0.717, 1.165) is 0 Å². The maximum atomic E-state index is 14.1. The molecule has 270 valence electrons. The Kier molecular flexibility index (Phi) is 12.5. The Bertz CT molecular complexity index is 1700. The summed E-state index contributed by atoms with van der Waals surface area (Å²) in [6, 6.07) is 3.46. The first-order chi connectivity index (χ1) is 24.2. The molecule has 2 aromatic rings. The van der Waals surface area contributed by atoms with Gasteiger partial charge in [-0.1, -0.05) is 50.8 Å². The maximum absolute atomic E-state index is 14.1. The normalized spacial score (nSPS) is 19.6. The number of aromatic nitrogens is 2. The van der Waals surface area contributed by atoms with Crippen molar-refractivity contribution in [3.8, 4) is 0 Å². The van der Waals surface area contributed by atoms with Crippen LogP contribution < -0.4 is 21.3 Å². The van der Waals surface area contributed by atoms with Crippen LogP contribution >= 0.6 is 0 Å². The second-order valence-electron chi connectivity index (χ2n) is 13.0. The molecule has 1 aromatic heterocycles. The highest BCUT2D eigenvalue weighted by atomic mass is 16.4. The number of hydrogen-bond acceptors (Lipinski definition) is 10. The van der Waals surface area contributed by atoms with E-state index in [1.165, 1.54) is 30.4 Å². The number of likely N-dealkylation sites (tertiary alicyclic amines) is 1. The Morgan fingerprint density at radius 2 is 1.73 bits per heavy atom. The minimum Gasteiger partial charge on any atom is -0.480 e. The highest BCUT2D eigenvalue weighted by Crippen LogP contribution is 2.40. The average Bonchev–Trinajstić information content (AvgIpc) is 3.67. The van der Waals surface area contributed by atoms with Gasteiger partial charge in [0.25, 0.3) is 11.8 Å². The Morgan fingerprint density at radius 3 is 2.33 bits per heavy atom. The lowest BCUT2D eigenvalue weighted by atomic mass is 9.93. The third-order valence-electron chi connectivity index (χ3n) is 8.96. The third-order valence-corrected chi connectivity index (χ3v) is 8.96. The van der Waals surface area contributed by atoms with Crippen LogP contribution in [0, 0.1) is 17.8 Å². The van der Waals surface area contributed by atoms with Crippen LogP contribution in [0.2, 0.25) is 0 Å². The molecule has 2 aliphatic rings. The number of carbonyl (C=O) groups is 8. The summed E-state index contributed by atoms with van der Waals surface area (Å²) in [5, 5.41) is 19.4. The Labute approximate surface area is 293 Å². The fourth-order valence-electron chi connectivity index (χ4n) is 6.27. The van der Waals surface area contributed by atoms with Crippen molar-refractivity contribution >= 4 is 47.1 Å². The number of nitrogens with zero attached hydrogens (tertiary/aromatic N) is 3. The number of hydrogen-bond donors (Lipinski definition) is 5. The molecule has 6 atom stereocenters. The molecular formula is C35H41N7O9. The van der Waals surface area contributed by atoms with Crippen LogP contribution in [0.4, 0.5) is 0 Å². The van der Waals surface area contributed by atoms with E-state index in [4.69, 9.17) is 0 Å². The number of carboxylic acid groups (broad SMARTS) is 1. The molecule has 5 N–H and O–H groups in total. The van der Waals surface area contributed by atoms with Crippen molar-refractivity contribution in [1.29, 1.82) is 0 Å². The lowest BCUT2D eigenvalue weighted by molar-refractivity contribution is -0.145. The number of nitrogens with one attached hydrogen (secondary N) is 4. The van der Waals surface area contributed by atoms with E-state index in [-0.39, 0.29) is 36.4 Å². The van der Waals surface area contributed by atoms with Gasteiger partial charge < -0.3 is 31.3 Å². The van der Waals surface area contributed by atoms with Crippen molar-refractivity contribution in [2.24, 2.45) is 17.8 Å². The number of aliphatic carboxylic acids is 1. The highest BCUT2D eigenvalue weighted by Gasteiger charge is 2.54. The largest absolute Gasteiger partial charge is 0.480 e. The molecule has 2 unspecified atom stereocenters. The van der Waals surface area contributed by atoms with Crippen LogP contribution in [0.5, 0.6) is 0 Å². The van der Waals surface area contributed by atoms with E-state index in [2.05, 4.69) is 37.8 Å². The van der Waals surface area contributed by atoms with Gasteiger partial charge in [-0.25, -0.2) is 9.78 Å². The average molecular weight is 704 g/mol. The minimum absolute atomic E-state index is 0.0417. The molecule has 1 aromatic carbocycles. The van der Waals surface area contributed by atoms with E-state index in [1.54, 1.807) is 44.2 Å². The number of carbonyl (C=O) groups excluding carboxylic acids is 7. The number of benzene rings is 1. The van der Waals surface area contributed by atoms with Gasteiger partial charge in [0.05, 0.1) is 12.7 Å². The maximum Gasteiger partial charge on any atom is 0.326 e. The van der Waals surface area contributed by atoms with Crippen LogP contribution in [0.3, 0.4) is 0 Å². The van der Waals surface area contributed by atoms with Gasteiger partial charge in [-0.05, 0) is 30.4 Å². The van der Waals surface area contributed by atoms with Crippen molar-refractivity contribution in [3.05, 3.63) is 72.3 Å². The summed E-state index contributed by atoms with van der Waals surface area (Å²) in [5.41, 5.74) is 0.845. The second kappa shape index (κ2) is 16.7. The van der Waals surface area contributed by atoms with Crippen LogP contribution in [-0.4, -0.2) is 104 Å². The van der Waals surface area contributed by atoms with Crippen molar-refractivity contribution in [2.75, 3.05) is 13.1 Å². The molecule has 1 aliphatic heterocycles. The second-order valence-corrected chi connectivity index (χ2v) is 13.0. The van der Waals surface area contributed by atoms with E-state index in [0.29, 0.717) is 12.0 Å². The van der Waals surface area contributed by atoms with Gasteiger partial charge in [0.1, 0.15) is 35.6 Å². The SMILES string of the molecule is C=C(C)C(NC(=O)c1cnccn1)C(=O)N[C@H](C(=O)N1C[C@@H]2C(=O)CC[C@@H]2C1C(=O)NCC(=O)C(=O)N[C@@H](Cc1ccccc1)C(=O)O)C(C)C. The van der Waals surface area contributed by atoms with Gasteiger partial charge in [0, 0.05) is 43.6 Å². The summed E-state index contributed by atoms with van der Waals surface area (Å²) in [5.74, 6) is -8.39. The predicted molar refractivity (Wildman–Crippen MR) is 179 cm³/mol. The molecule has 51 heavy (non-hydrogen) atoms. The zero-order chi connectivity index (χ0) is 37.4. The van der Waals surface area contributed by atoms with Gasteiger partial charge in [-0.15, -0.1) is 0 Å². The van der Waals surface area contributed by atoms with Crippen molar-refractivity contribution in [2.45, 2.75) is 64.2 Å². The van der Waals surface area contributed by atoms with Gasteiger partial charge in [0.15, 0.2) is 0 Å². The molecule has 2 heterocycles. The first-order valence-corrected chi connectivity index (χ1v) is 16.4. The number of carboxylic acids is 1. The monoisotopic (exact) mass is 703 g/mol. The highest BCUT2D eigenvalue weighted by molar-refractivity contribution is 6.37. The molecule has 0 bridgehead atoms. The molecule has 2 fully saturated rings. The van der Waals surface area contributed by atoms with E-state index >= 15 is 0 Å². The lowest BCUT2D eigenvalue weighted by Crippen LogP contribution is -2.59. The number of Topliss-reactive ketones (excluding diaryl/α,β-unsaturated/α-hetero) is 2. The topological polar surface area (TPSA) is 234 Å². The molecule has 0 spiro atoms. The summed E-state index contributed by atoms with van der Waals surface area (Å²) in [4.78, 5) is 113. The molecule has 0 radical (unpaired) electrons. The number of fused-ring (bicyclic) bond motifs is 1. The zero-order valence-corrected chi connectivity index (χ0v) is 28.5. The Balaban J connectivity index is 1.45. The van der Waals surface area contributed by atoms with Crippen LogP contribution in [0.25, 0.3) is 0 Å². The fourth-order valence-corrected chi connectivity index (χ4v) is 6.27. The predicted octanol–water partition coefficient (Wildman–Crippen LogP) is -0.405. The molecule has 5 amide bonds. The number of amides is 5. The van der Waals surface area contributed by atoms with Crippen molar-refractivity contribution in [3.63, 3.8) is 0 Å². The van der Waals surface area contributed by atoms with E-state index in [9.17, 15) is 43.5 Å². The third kappa shape index (κ3) is 9.26. The van der Waals surface area contributed by atoms with Gasteiger partial charge >= 0.3 is 5.97 Å². The van der Waals surface area contributed by atoms with Gasteiger partial charge in [-0.3, -0.25) is 38.5 Å². The van der Waals surface area contributed by atoms with Crippen LogP contribution in [0.1, 0.15) is 49.7 Å². The van der Waals surface area contributed by atoms with Crippen molar-refractivity contribution in [1.82, 2.24) is 36.1 Å². The van der Waals surface area contributed by atoms with Crippen molar-refractivity contribution < 1.29 is 43.5 Å². The fraction of sp³-hybridized carbons (Fsp3) is 0.429. The first kappa shape index (κ1) is 38.0. The van der Waals surface area contributed by atoms with Gasteiger partial charge in [0.2, 0.25) is 23.5 Å².